The van der Waals surface area contributed by atoms with Crippen molar-refractivity contribution in [3.63, 3.8) is 0 Å². The van der Waals surface area contributed by atoms with Crippen molar-refractivity contribution in [2.75, 3.05) is 72.7 Å². The van der Waals surface area contributed by atoms with Gasteiger partial charge in [-0.1, -0.05) is 39.0 Å². The van der Waals surface area contributed by atoms with Crippen LogP contribution in [0, 0.1) is 0 Å². The normalized spacial score (nSPS) is 11.5. The molecule has 0 bridgehead atoms. The predicted octanol–water partition coefficient (Wildman–Crippen LogP) is 4.30. The zero-order valence-corrected chi connectivity index (χ0v) is 18.7. The lowest BCUT2D eigenvalue weighted by Crippen LogP contribution is -2.13. The highest BCUT2D eigenvalue weighted by Gasteiger charge is 1.94. The highest BCUT2D eigenvalue weighted by molar-refractivity contribution is 4.71. The van der Waals surface area contributed by atoms with Gasteiger partial charge in [-0.25, -0.2) is 0 Å². The summed E-state index contributed by atoms with van der Waals surface area (Å²) < 4.78 is 26.7. The quantitative estimate of drug-likeness (QED) is 0.0944. The summed E-state index contributed by atoms with van der Waals surface area (Å²) in [5, 5.41) is 0. The maximum absolute atomic E-state index is 5.41. The third-order valence-electron chi connectivity index (χ3n) is 3.95. The standard InChI is InChI=1S/C22H44O7/c1-3-5-6-7-8-9-10-11-12-28-29-22-21-27-20-19-26-18-17-25-16-15-24-14-13-23-4-2/h11-12H,3-10,13-22H2,1-2H3. The summed E-state index contributed by atoms with van der Waals surface area (Å²) in [6, 6.07) is 0. The Morgan fingerprint density at radius 1 is 0.517 bits per heavy atom. The highest BCUT2D eigenvalue weighted by Crippen LogP contribution is 2.07. The maximum atomic E-state index is 5.41. The molecule has 0 fully saturated rings. The molecule has 0 spiro atoms. The van der Waals surface area contributed by atoms with Gasteiger partial charge >= 0.3 is 0 Å². The summed E-state index contributed by atoms with van der Waals surface area (Å²) in [4.78, 5) is 9.99. The number of hydrogen-bond donors (Lipinski definition) is 0. The fourth-order valence-corrected chi connectivity index (χ4v) is 2.35. The molecule has 0 unspecified atom stereocenters. The van der Waals surface area contributed by atoms with Crippen LogP contribution in [-0.4, -0.2) is 72.7 Å². The van der Waals surface area contributed by atoms with E-state index in [1.165, 1.54) is 38.5 Å². The second-order valence-corrected chi connectivity index (χ2v) is 6.49. The van der Waals surface area contributed by atoms with E-state index in [1.54, 1.807) is 6.26 Å². The fourth-order valence-electron chi connectivity index (χ4n) is 2.35. The second kappa shape index (κ2) is 27.3. The minimum atomic E-state index is 0.397. The predicted molar refractivity (Wildman–Crippen MR) is 114 cm³/mol. The Morgan fingerprint density at radius 3 is 1.55 bits per heavy atom. The van der Waals surface area contributed by atoms with Gasteiger partial charge in [0.05, 0.1) is 59.5 Å². The van der Waals surface area contributed by atoms with E-state index < -0.39 is 0 Å². The Labute approximate surface area is 177 Å². The molecule has 0 heterocycles. The summed E-state index contributed by atoms with van der Waals surface area (Å²) in [5.74, 6) is 0. The van der Waals surface area contributed by atoms with Gasteiger partial charge in [-0.3, -0.25) is 0 Å². The van der Waals surface area contributed by atoms with Crippen molar-refractivity contribution < 1.29 is 33.5 Å². The molecule has 7 nitrogen and oxygen atoms in total. The number of ether oxygens (including phenoxy) is 5. The Balaban J connectivity index is 3.04. The molecule has 0 aromatic heterocycles. The average Bonchev–Trinajstić information content (AvgIpc) is 2.74. The van der Waals surface area contributed by atoms with Crippen molar-refractivity contribution in [3.05, 3.63) is 12.3 Å². The molecule has 0 aliphatic carbocycles. The van der Waals surface area contributed by atoms with E-state index in [1.807, 2.05) is 13.0 Å². The minimum absolute atomic E-state index is 0.397. The summed E-state index contributed by atoms with van der Waals surface area (Å²) >= 11 is 0. The van der Waals surface area contributed by atoms with Crippen molar-refractivity contribution in [1.82, 2.24) is 0 Å². The molecule has 0 radical (unpaired) electrons. The molecule has 0 saturated heterocycles. The molecule has 0 amide bonds. The number of unbranched alkanes of at least 4 members (excludes halogenated alkanes) is 6. The van der Waals surface area contributed by atoms with Gasteiger partial charge in [0.15, 0.2) is 0 Å². The van der Waals surface area contributed by atoms with Gasteiger partial charge in [-0.15, -0.1) is 0 Å². The van der Waals surface area contributed by atoms with Crippen LogP contribution in [0.15, 0.2) is 12.3 Å². The largest absolute Gasteiger partial charge is 0.379 e. The minimum Gasteiger partial charge on any atom is -0.379 e. The molecule has 0 aliphatic rings. The lowest BCUT2D eigenvalue weighted by atomic mass is 10.1. The van der Waals surface area contributed by atoms with E-state index in [0.717, 1.165) is 13.0 Å². The first kappa shape index (κ1) is 28.3. The zero-order valence-electron chi connectivity index (χ0n) is 18.7. The summed E-state index contributed by atoms with van der Waals surface area (Å²) in [5.41, 5.74) is 0. The van der Waals surface area contributed by atoms with E-state index in [-0.39, 0.29) is 0 Å². The SMILES string of the molecule is CCCCCCCCC=COOCCOCCOCCOCCOCCOCC. The molecular weight excluding hydrogens is 376 g/mol. The molecule has 29 heavy (non-hydrogen) atoms. The summed E-state index contributed by atoms with van der Waals surface area (Å²) in [6.07, 6.45) is 12.5. The first-order valence-corrected chi connectivity index (χ1v) is 11.2. The Hall–Kier alpha value is -0.700. The average molecular weight is 421 g/mol. The molecule has 174 valence electrons. The van der Waals surface area contributed by atoms with Gasteiger partial charge < -0.3 is 28.6 Å². The van der Waals surface area contributed by atoms with Crippen LogP contribution >= 0.6 is 0 Å². The first-order valence-electron chi connectivity index (χ1n) is 11.2. The first-order chi connectivity index (χ1) is 14.4. The van der Waals surface area contributed by atoms with Crippen molar-refractivity contribution in [2.45, 2.75) is 58.8 Å². The molecule has 7 heteroatoms. The lowest BCUT2D eigenvalue weighted by molar-refractivity contribution is -0.255. The zero-order chi connectivity index (χ0) is 21.1. The van der Waals surface area contributed by atoms with Crippen molar-refractivity contribution in [1.29, 1.82) is 0 Å². The van der Waals surface area contributed by atoms with Gasteiger partial charge in [-0.2, -0.15) is 4.89 Å². The van der Waals surface area contributed by atoms with Crippen LogP contribution in [-0.2, 0) is 33.5 Å². The Kier molecular flexibility index (Phi) is 26.6. The molecule has 0 atom stereocenters. The van der Waals surface area contributed by atoms with Crippen LogP contribution in [0.3, 0.4) is 0 Å². The molecule has 0 aliphatic heterocycles. The van der Waals surface area contributed by atoms with Crippen LogP contribution in [0.1, 0.15) is 58.8 Å². The molecule has 0 N–H and O–H groups in total. The van der Waals surface area contributed by atoms with Crippen LogP contribution < -0.4 is 0 Å². The van der Waals surface area contributed by atoms with Gasteiger partial charge in [0.25, 0.3) is 0 Å². The van der Waals surface area contributed by atoms with Crippen molar-refractivity contribution in [2.24, 2.45) is 0 Å². The van der Waals surface area contributed by atoms with Crippen LogP contribution in [0.2, 0.25) is 0 Å². The van der Waals surface area contributed by atoms with Crippen molar-refractivity contribution >= 4 is 0 Å². The second-order valence-electron chi connectivity index (χ2n) is 6.49. The number of allylic oxidation sites excluding steroid dienone is 1. The molecule has 0 aromatic rings. The van der Waals surface area contributed by atoms with Gasteiger partial charge in [0.2, 0.25) is 0 Å². The third-order valence-corrected chi connectivity index (χ3v) is 3.95. The van der Waals surface area contributed by atoms with Crippen LogP contribution in [0.5, 0.6) is 0 Å². The van der Waals surface area contributed by atoms with E-state index >= 15 is 0 Å². The highest BCUT2D eigenvalue weighted by atomic mass is 17.2. The summed E-state index contributed by atoms with van der Waals surface area (Å²) in [6.45, 7) is 10.3. The van der Waals surface area contributed by atoms with E-state index in [4.69, 9.17) is 33.5 Å². The van der Waals surface area contributed by atoms with Gasteiger partial charge in [0.1, 0.15) is 12.9 Å². The third kappa shape index (κ3) is 27.3. The number of hydrogen-bond acceptors (Lipinski definition) is 7. The number of rotatable bonds is 25. The molecule has 0 rings (SSSR count). The monoisotopic (exact) mass is 420 g/mol. The smallest absolute Gasteiger partial charge is 0.125 e. The maximum Gasteiger partial charge on any atom is 0.125 e. The van der Waals surface area contributed by atoms with Crippen LogP contribution in [0.25, 0.3) is 0 Å². The fraction of sp³-hybridized carbons (Fsp3) is 0.909. The Morgan fingerprint density at radius 2 is 1.00 bits per heavy atom. The molecule has 0 saturated carbocycles. The van der Waals surface area contributed by atoms with E-state index in [2.05, 4.69) is 6.92 Å². The van der Waals surface area contributed by atoms with Crippen LogP contribution in [0.4, 0.5) is 0 Å². The summed E-state index contributed by atoms with van der Waals surface area (Å²) in [7, 11) is 0. The van der Waals surface area contributed by atoms with E-state index in [0.29, 0.717) is 66.1 Å². The van der Waals surface area contributed by atoms with Crippen molar-refractivity contribution in [3.8, 4) is 0 Å². The van der Waals surface area contributed by atoms with Gasteiger partial charge in [-0.05, 0) is 25.8 Å². The molecule has 0 aromatic carbocycles. The lowest BCUT2D eigenvalue weighted by Gasteiger charge is -2.07. The van der Waals surface area contributed by atoms with Gasteiger partial charge in [0, 0.05) is 6.61 Å². The van der Waals surface area contributed by atoms with E-state index in [9.17, 15) is 0 Å². The Bertz CT molecular complexity index is 314. The topological polar surface area (TPSA) is 64.6 Å². The molecular formula is C22H44O7.